The van der Waals surface area contributed by atoms with Gasteiger partial charge < -0.3 is 25.8 Å². The van der Waals surface area contributed by atoms with Gasteiger partial charge >= 0.3 is 6.03 Å². The van der Waals surface area contributed by atoms with Crippen molar-refractivity contribution in [3.05, 3.63) is 57.6 Å². The summed E-state index contributed by atoms with van der Waals surface area (Å²) in [5, 5.41) is 9.61. The topological polar surface area (TPSA) is 76.7 Å². The molecule has 8 heteroatoms. The van der Waals surface area contributed by atoms with Gasteiger partial charge in [0.05, 0.1) is 18.8 Å². The molecule has 3 heterocycles. The fourth-order valence-electron chi connectivity index (χ4n) is 6.83. The molecule has 5 rings (SSSR count). The highest BCUT2D eigenvalue weighted by molar-refractivity contribution is 8.00. The Morgan fingerprint density at radius 2 is 1.54 bits per heavy atom. The summed E-state index contributed by atoms with van der Waals surface area (Å²) in [6, 6.07) is 9.48. The molecule has 0 bridgehead atoms. The molecule has 2 aromatic carbocycles. The standard InChI is InChI=1S/C31H43N5O2S/c1-19-12-20(2)29(21(3)13-19)35-10-11-36(18-35)30-22(4)14-24(15-23(30)5)16-32-27(37)9-7-6-8-26-28-25(17-39-26)33-31(38)34-28/h12-15,25-26,28H,6-11,16-18H2,1-5H3,(H,32,37)(H2,33,34,38)/t25-,26-,28-/m1/s1. The zero-order valence-corrected chi connectivity index (χ0v) is 24.8. The molecule has 3 fully saturated rings. The number of rotatable bonds is 9. The lowest BCUT2D eigenvalue weighted by Gasteiger charge is -2.27. The Morgan fingerprint density at radius 3 is 2.18 bits per heavy atom. The highest BCUT2D eigenvalue weighted by atomic mass is 32.2. The molecule has 3 saturated heterocycles. The van der Waals surface area contributed by atoms with Crippen molar-refractivity contribution in [1.29, 1.82) is 0 Å². The molecule has 0 radical (unpaired) electrons. The largest absolute Gasteiger partial charge is 0.352 e. The molecule has 210 valence electrons. The first-order valence-electron chi connectivity index (χ1n) is 14.3. The summed E-state index contributed by atoms with van der Waals surface area (Å²) in [4.78, 5) is 29.1. The van der Waals surface area contributed by atoms with Gasteiger partial charge in [-0.25, -0.2) is 4.79 Å². The van der Waals surface area contributed by atoms with E-state index in [0.29, 0.717) is 18.2 Å². The van der Waals surface area contributed by atoms with Gasteiger partial charge in [-0.1, -0.05) is 36.2 Å². The molecule has 3 aliphatic rings. The van der Waals surface area contributed by atoms with Gasteiger partial charge in [0.2, 0.25) is 5.91 Å². The van der Waals surface area contributed by atoms with Crippen LogP contribution in [0.4, 0.5) is 16.2 Å². The Hall–Kier alpha value is -2.87. The van der Waals surface area contributed by atoms with Crippen LogP contribution in [-0.2, 0) is 11.3 Å². The maximum atomic E-state index is 12.5. The second-order valence-corrected chi connectivity index (χ2v) is 12.9. The van der Waals surface area contributed by atoms with Crippen LogP contribution in [0.2, 0.25) is 0 Å². The predicted molar refractivity (Wildman–Crippen MR) is 162 cm³/mol. The fraction of sp³-hybridized carbons (Fsp3) is 0.548. The molecule has 0 aromatic heterocycles. The number of amides is 3. The molecule has 2 aromatic rings. The first kappa shape index (κ1) is 27.7. The van der Waals surface area contributed by atoms with Gasteiger partial charge in [0.1, 0.15) is 0 Å². The van der Waals surface area contributed by atoms with E-state index in [4.69, 9.17) is 0 Å². The number of carbonyl (C=O) groups excluding carboxylic acids is 2. The number of benzene rings is 2. The van der Waals surface area contributed by atoms with Crippen LogP contribution in [0.5, 0.6) is 0 Å². The number of unbranched alkanes of at least 4 members (excludes halogenated alkanes) is 1. The lowest BCUT2D eigenvalue weighted by atomic mass is 10.0. The third-order valence-electron chi connectivity index (χ3n) is 8.37. The van der Waals surface area contributed by atoms with Gasteiger partial charge in [-0.15, -0.1) is 0 Å². The van der Waals surface area contributed by atoms with Crippen LogP contribution in [0.25, 0.3) is 0 Å². The number of fused-ring (bicyclic) bond motifs is 1. The second-order valence-electron chi connectivity index (χ2n) is 11.6. The SMILES string of the molecule is Cc1cc(C)c(N2CCN(c3c(C)cc(CNC(=O)CCCC[C@H]4SC[C@H]5NC(=O)N[C@H]54)cc3C)C2)c(C)c1. The Bertz CT molecular complexity index is 1200. The molecule has 3 atom stereocenters. The highest BCUT2D eigenvalue weighted by Crippen LogP contribution is 2.34. The Balaban J connectivity index is 1.09. The maximum absolute atomic E-state index is 12.5. The minimum atomic E-state index is -0.0389. The van der Waals surface area contributed by atoms with Gasteiger partial charge in [-0.2, -0.15) is 11.8 Å². The van der Waals surface area contributed by atoms with Gasteiger partial charge in [0.25, 0.3) is 0 Å². The van der Waals surface area contributed by atoms with Gasteiger partial charge in [-0.3, -0.25) is 4.79 Å². The molecule has 3 aliphatic heterocycles. The van der Waals surface area contributed by atoms with Crippen LogP contribution in [0, 0.1) is 34.6 Å². The van der Waals surface area contributed by atoms with Crippen molar-refractivity contribution in [1.82, 2.24) is 16.0 Å². The number of urea groups is 1. The Morgan fingerprint density at radius 1 is 0.923 bits per heavy atom. The molecule has 0 aliphatic carbocycles. The Kier molecular flexibility index (Phi) is 8.31. The molecule has 7 nitrogen and oxygen atoms in total. The van der Waals surface area contributed by atoms with Crippen molar-refractivity contribution >= 4 is 35.1 Å². The smallest absolute Gasteiger partial charge is 0.315 e. The van der Waals surface area contributed by atoms with Crippen molar-refractivity contribution in [2.45, 2.75) is 84.2 Å². The molecule has 0 saturated carbocycles. The summed E-state index contributed by atoms with van der Waals surface area (Å²) in [7, 11) is 0. The zero-order valence-electron chi connectivity index (χ0n) is 24.0. The monoisotopic (exact) mass is 549 g/mol. The van der Waals surface area contributed by atoms with E-state index < -0.39 is 0 Å². The number of nitrogens with zero attached hydrogens (tertiary/aromatic N) is 2. The van der Waals surface area contributed by atoms with E-state index in [0.717, 1.165) is 50.3 Å². The fourth-order valence-corrected chi connectivity index (χ4v) is 8.38. The zero-order chi connectivity index (χ0) is 27.7. The summed E-state index contributed by atoms with van der Waals surface area (Å²) in [6.07, 6.45) is 3.47. The van der Waals surface area contributed by atoms with Crippen molar-refractivity contribution < 1.29 is 9.59 Å². The third-order valence-corrected chi connectivity index (χ3v) is 9.88. The number of anilines is 2. The first-order chi connectivity index (χ1) is 18.7. The summed E-state index contributed by atoms with van der Waals surface area (Å²) in [5.74, 6) is 1.09. The summed E-state index contributed by atoms with van der Waals surface area (Å²) < 4.78 is 0. The van der Waals surface area contributed by atoms with Crippen LogP contribution >= 0.6 is 11.8 Å². The van der Waals surface area contributed by atoms with E-state index >= 15 is 0 Å². The van der Waals surface area contributed by atoms with Gasteiger partial charge in [0.15, 0.2) is 0 Å². The lowest BCUT2D eigenvalue weighted by molar-refractivity contribution is -0.121. The normalized spacial score (nSPS) is 22.2. The van der Waals surface area contributed by atoms with Crippen molar-refractivity contribution in [3.63, 3.8) is 0 Å². The Labute approximate surface area is 237 Å². The highest BCUT2D eigenvalue weighted by Gasteiger charge is 2.42. The molecule has 0 unspecified atom stereocenters. The van der Waals surface area contributed by atoms with E-state index in [1.807, 2.05) is 11.8 Å². The molecular weight excluding hydrogens is 506 g/mol. The maximum Gasteiger partial charge on any atom is 0.315 e. The molecule has 3 amide bonds. The van der Waals surface area contributed by atoms with Crippen molar-refractivity contribution in [2.24, 2.45) is 0 Å². The summed E-state index contributed by atoms with van der Waals surface area (Å²) in [5.41, 5.74) is 10.4. The van der Waals surface area contributed by atoms with Gasteiger partial charge in [0, 0.05) is 48.4 Å². The quantitative estimate of drug-likeness (QED) is 0.308. The molecule has 0 spiro atoms. The summed E-state index contributed by atoms with van der Waals surface area (Å²) in [6.45, 7) is 14.5. The third kappa shape index (κ3) is 6.16. The van der Waals surface area contributed by atoms with Crippen molar-refractivity contribution in [3.8, 4) is 0 Å². The molecule has 3 N–H and O–H groups in total. The minimum absolute atomic E-state index is 0.0389. The summed E-state index contributed by atoms with van der Waals surface area (Å²) >= 11 is 1.93. The molecule has 39 heavy (non-hydrogen) atoms. The average Bonchev–Trinajstić information content (AvgIpc) is 3.56. The number of carbonyl (C=O) groups is 2. The van der Waals surface area contributed by atoms with E-state index in [1.165, 1.54) is 39.2 Å². The number of nitrogens with one attached hydrogen (secondary N) is 3. The predicted octanol–water partition coefficient (Wildman–Crippen LogP) is 4.85. The van der Waals surface area contributed by atoms with Gasteiger partial charge in [-0.05, 0) is 75.3 Å². The first-order valence-corrected chi connectivity index (χ1v) is 15.4. The second kappa shape index (κ2) is 11.7. The number of aryl methyl sites for hydroxylation is 5. The van der Waals surface area contributed by atoms with E-state index in [-0.39, 0.29) is 24.0 Å². The van der Waals surface area contributed by atoms with Crippen molar-refractivity contribution in [2.75, 3.05) is 35.3 Å². The average molecular weight is 550 g/mol. The minimum Gasteiger partial charge on any atom is -0.352 e. The van der Waals surface area contributed by atoms with Crippen LogP contribution in [0.1, 0.15) is 59.1 Å². The van der Waals surface area contributed by atoms with E-state index in [2.05, 4.69) is 84.6 Å². The van der Waals surface area contributed by atoms with Crippen LogP contribution < -0.4 is 25.8 Å². The van der Waals surface area contributed by atoms with E-state index in [9.17, 15) is 9.59 Å². The van der Waals surface area contributed by atoms with Crippen LogP contribution in [0.3, 0.4) is 0 Å². The number of thioether (sulfide) groups is 1. The molecular formula is C31H43N5O2S. The number of hydrogen-bond acceptors (Lipinski definition) is 5. The van der Waals surface area contributed by atoms with E-state index in [1.54, 1.807) is 0 Å². The lowest BCUT2D eigenvalue weighted by Crippen LogP contribution is -2.36. The van der Waals surface area contributed by atoms with Crippen LogP contribution in [0.15, 0.2) is 24.3 Å². The van der Waals surface area contributed by atoms with Crippen LogP contribution in [-0.4, -0.2) is 54.8 Å². The number of hydrogen-bond donors (Lipinski definition) is 3.